The quantitative estimate of drug-likeness (QED) is 0.283. The fourth-order valence-corrected chi connectivity index (χ4v) is 2.42. The van der Waals surface area contributed by atoms with Gasteiger partial charge in [0, 0.05) is 17.4 Å². The smallest absolute Gasteiger partial charge is 0.343 e. The lowest BCUT2D eigenvalue weighted by Gasteiger charge is -2.05. The van der Waals surface area contributed by atoms with Gasteiger partial charge in [0.15, 0.2) is 0 Å². The van der Waals surface area contributed by atoms with E-state index in [1.54, 1.807) is 60.7 Å². The Kier molecular flexibility index (Phi) is 5.43. The minimum Gasteiger partial charge on any atom is -0.423 e. The zero-order valence-electron chi connectivity index (χ0n) is 13.6. The number of pyridine rings is 1. The lowest BCUT2D eigenvalue weighted by atomic mass is 10.0. The molecule has 0 fully saturated rings. The third kappa shape index (κ3) is 4.35. The lowest BCUT2D eigenvalue weighted by molar-refractivity contribution is 0.0734. The molecule has 3 rings (SSSR count). The average Bonchev–Trinajstić information content (AvgIpc) is 2.68. The molecular weight excluding hydrogens is 348 g/mol. The molecule has 0 radical (unpaired) electrons. The van der Waals surface area contributed by atoms with Crippen molar-refractivity contribution in [1.82, 2.24) is 4.98 Å². The van der Waals surface area contributed by atoms with Gasteiger partial charge in [-0.3, -0.25) is 4.98 Å². The van der Waals surface area contributed by atoms with E-state index in [1.807, 2.05) is 6.07 Å². The molecular formula is C21H13ClN2O2. The molecule has 0 atom stereocenters. The van der Waals surface area contributed by atoms with Gasteiger partial charge in [-0.2, -0.15) is 5.26 Å². The molecule has 0 unspecified atom stereocenters. The van der Waals surface area contributed by atoms with Gasteiger partial charge in [-0.15, -0.1) is 0 Å². The van der Waals surface area contributed by atoms with Crippen molar-refractivity contribution in [2.45, 2.75) is 0 Å². The van der Waals surface area contributed by atoms with Crippen molar-refractivity contribution in [3.63, 3.8) is 0 Å². The molecule has 1 heterocycles. The van der Waals surface area contributed by atoms with Crippen molar-refractivity contribution in [2.24, 2.45) is 0 Å². The number of nitrogens with zero attached hydrogens (tertiary/aromatic N) is 2. The number of carbonyl (C=O) groups is 1. The predicted octanol–water partition coefficient (Wildman–Crippen LogP) is 5.02. The second kappa shape index (κ2) is 8.11. The first-order valence-corrected chi connectivity index (χ1v) is 8.13. The molecule has 0 saturated heterocycles. The maximum Gasteiger partial charge on any atom is 0.343 e. The molecule has 126 valence electrons. The summed E-state index contributed by atoms with van der Waals surface area (Å²) in [5.74, 6) is -0.0688. The van der Waals surface area contributed by atoms with Gasteiger partial charge in [0.2, 0.25) is 0 Å². The van der Waals surface area contributed by atoms with Gasteiger partial charge in [0.05, 0.1) is 17.2 Å². The summed E-state index contributed by atoms with van der Waals surface area (Å²) >= 11 is 5.88. The zero-order valence-corrected chi connectivity index (χ0v) is 14.4. The Morgan fingerprint density at radius 1 is 1.04 bits per heavy atom. The fraction of sp³-hybridized carbons (Fsp3) is 0. The Hall–Kier alpha value is -3.42. The Morgan fingerprint density at radius 3 is 2.46 bits per heavy atom. The van der Waals surface area contributed by atoms with E-state index in [0.29, 0.717) is 21.9 Å². The van der Waals surface area contributed by atoms with Crippen molar-refractivity contribution in [1.29, 1.82) is 5.26 Å². The first kappa shape index (κ1) is 17.4. The summed E-state index contributed by atoms with van der Waals surface area (Å²) in [7, 11) is 0. The van der Waals surface area contributed by atoms with Crippen molar-refractivity contribution in [3.8, 4) is 11.8 Å². The van der Waals surface area contributed by atoms with Crippen LogP contribution in [0.15, 0.2) is 73.1 Å². The van der Waals surface area contributed by atoms with Gasteiger partial charge in [-0.25, -0.2) is 4.79 Å². The van der Waals surface area contributed by atoms with E-state index in [4.69, 9.17) is 16.3 Å². The fourth-order valence-electron chi connectivity index (χ4n) is 2.30. The van der Waals surface area contributed by atoms with Crippen LogP contribution in [0.25, 0.3) is 11.6 Å². The van der Waals surface area contributed by atoms with Crippen molar-refractivity contribution in [2.75, 3.05) is 0 Å². The number of allylic oxidation sites excluding steroid dienone is 1. The summed E-state index contributed by atoms with van der Waals surface area (Å²) in [6, 6.07) is 19.3. The highest BCUT2D eigenvalue weighted by atomic mass is 35.5. The molecule has 0 spiro atoms. The number of nitriles is 1. The molecule has 5 heteroatoms. The first-order valence-electron chi connectivity index (χ1n) is 7.76. The van der Waals surface area contributed by atoms with E-state index in [1.165, 1.54) is 12.4 Å². The van der Waals surface area contributed by atoms with Crippen LogP contribution in [0.3, 0.4) is 0 Å². The molecule has 0 amide bonds. The molecule has 3 aromatic rings. The molecule has 0 bridgehead atoms. The van der Waals surface area contributed by atoms with E-state index >= 15 is 0 Å². The van der Waals surface area contributed by atoms with Gasteiger partial charge in [-0.05, 0) is 53.6 Å². The van der Waals surface area contributed by atoms with Gasteiger partial charge in [-0.1, -0.05) is 35.9 Å². The highest BCUT2D eigenvalue weighted by Crippen LogP contribution is 2.22. The van der Waals surface area contributed by atoms with Gasteiger partial charge in [0.1, 0.15) is 5.75 Å². The van der Waals surface area contributed by atoms with Crippen LogP contribution in [-0.2, 0) is 0 Å². The van der Waals surface area contributed by atoms with Crippen LogP contribution >= 0.6 is 11.6 Å². The Bertz CT molecular complexity index is 991. The number of ether oxygens (including phenoxy) is 1. The zero-order chi connectivity index (χ0) is 18.4. The second-order valence-corrected chi connectivity index (χ2v) is 5.81. The normalized spacial score (nSPS) is 10.8. The van der Waals surface area contributed by atoms with E-state index < -0.39 is 5.97 Å². The third-order valence-corrected chi connectivity index (χ3v) is 3.82. The molecule has 0 saturated carbocycles. The summed E-state index contributed by atoms with van der Waals surface area (Å²) in [6.07, 6.45) is 4.79. The molecule has 0 aliphatic heterocycles. The van der Waals surface area contributed by atoms with E-state index in [0.717, 1.165) is 11.1 Å². The van der Waals surface area contributed by atoms with Crippen LogP contribution in [0.2, 0.25) is 5.02 Å². The van der Waals surface area contributed by atoms with Gasteiger partial charge < -0.3 is 4.74 Å². The molecule has 26 heavy (non-hydrogen) atoms. The summed E-state index contributed by atoms with van der Waals surface area (Å²) in [5.41, 5.74) is 2.41. The van der Waals surface area contributed by atoms with Crippen LogP contribution in [0.1, 0.15) is 21.5 Å². The minimum absolute atomic E-state index is 0.397. The van der Waals surface area contributed by atoms with Crippen LogP contribution in [0.5, 0.6) is 5.75 Å². The Morgan fingerprint density at radius 2 is 1.77 bits per heavy atom. The molecule has 1 aromatic heterocycles. The number of hydrogen-bond donors (Lipinski definition) is 0. The largest absolute Gasteiger partial charge is 0.423 e. The number of rotatable bonds is 4. The van der Waals surface area contributed by atoms with Crippen molar-refractivity contribution in [3.05, 3.63) is 94.8 Å². The van der Waals surface area contributed by atoms with Crippen LogP contribution in [0.4, 0.5) is 0 Å². The molecule has 0 N–H and O–H groups in total. The molecule has 0 aliphatic rings. The minimum atomic E-state index is -0.466. The van der Waals surface area contributed by atoms with Gasteiger partial charge in [0.25, 0.3) is 0 Å². The number of esters is 1. The Labute approximate surface area is 156 Å². The van der Waals surface area contributed by atoms with E-state index in [-0.39, 0.29) is 0 Å². The summed E-state index contributed by atoms with van der Waals surface area (Å²) in [6.45, 7) is 0. The number of hydrogen-bond acceptors (Lipinski definition) is 4. The molecule has 0 aliphatic carbocycles. The monoisotopic (exact) mass is 360 g/mol. The third-order valence-electron chi connectivity index (χ3n) is 3.57. The van der Waals surface area contributed by atoms with E-state index in [2.05, 4.69) is 11.1 Å². The number of halogens is 1. The highest BCUT2D eigenvalue weighted by Gasteiger charge is 2.08. The van der Waals surface area contributed by atoms with Crippen LogP contribution in [0, 0.1) is 11.3 Å². The molecule has 4 nitrogen and oxygen atoms in total. The summed E-state index contributed by atoms with van der Waals surface area (Å²) in [4.78, 5) is 16.0. The SMILES string of the molecule is N#C/C(=C/c1cccc(OC(=O)c2ccncc2)c1)c1ccc(Cl)cc1. The number of carbonyl (C=O) groups excluding carboxylic acids is 1. The summed E-state index contributed by atoms with van der Waals surface area (Å²) < 4.78 is 5.38. The first-order chi connectivity index (χ1) is 12.7. The van der Waals surface area contributed by atoms with Crippen LogP contribution in [-0.4, -0.2) is 11.0 Å². The number of benzene rings is 2. The van der Waals surface area contributed by atoms with E-state index in [9.17, 15) is 10.1 Å². The maximum absolute atomic E-state index is 12.1. The predicted molar refractivity (Wildman–Crippen MR) is 101 cm³/mol. The molecule has 2 aromatic carbocycles. The van der Waals surface area contributed by atoms with Crippen molar-refractivity contribution < 1.29 is 9.53 Å². The number of aromatic nitrogens is 1. The second-order valence-electron chi connectivity index (χ2n) is 5.37. The van der Waals surface area contributed by atoms with Crippen LogP contribution < -0.4 is 4.74 Å². The van der Waals surface area contributed by atoms with Gasteiger partial charge >= 0.3 is 5.97 Å². The van der Waals surface area contributed by atoms with Crippen molar-refractivity contribution >= 4 is 29.2 Å². The standard InChI is InChI=1S/C21H13ClN2O2/c22-19-6-4-16(5-7-19)18(14-23)12-15-2-1-3-20(13-15)26-21(25)17-8-10-24-11-9-17/h1-13H/b18-12-. The highest BCUT2D eigenvalue weighted by molar-refractivity contribution is 6.30. The average molecular weight is 361 g/mol. The Balaban J connectivity index is 1.83. The topological polar surface area (TPSA) is 63.0 Å². The summed E-state index contributed by atoms with van der Waals surface area (Å²) in [5, 5.41) is 10.0. The maximum atomic E-state index is 12.1. The lowest BCUT2D eigenvalue weighted by Crippen LogP contribution is -2.08.